The Morgan fingerprint density at radius 2 is 2.30 bits per heavy atom. The van der Waals surface area contributed by atoms with E-state index in [1.807, 2.05) is 31.2 Å². The number of pyridine rings is 1. The molecule has 2 aromatic heterocycles. The van der Waals surface area contributed by atoms with Crippen LogP contribution in [0.25, 0.3) is 0 Å². The number of aryl methyl sites for hydroxylation is 1. The molecule has 5 heterocycles. The van der Waals surface area contributed by atoms with Crippen LogP contribution in [0.1, 0.15) is 24.2 Å². The molecule has 4 atom stereocenters. The van der Waals surface area contributed by atoms with Crippen molar-refractivity contribution in [1.29, 1.82) is 0 Å². The second-order valence-corrected chi connectivity index (χ2v) is 8.04. The number of nitrogens with zero attached hydrogens (tertiary/aromatic N) is 5. The third-order valence-electron chi connectivity index (χ3n) is 6.15. The Labute approximate surface area is 173 Å². The highest BCUT2D eigenvalue weighted by molar-refractivity contribution is 5.93. The zero-order valence-corrected chi connectivity index (χ0v) is 16.9. The number of aromatic nitrogens is 3. The molecule has 30 heavy (non-hydrogen) atoms. The predicted molar refractivity (Wildman–Crippen MR) is 104 cm³/mol. The lowest BCUT2D eigenvalue weighted by atomic mass is 9.76. The molecule has 0 aromatic carbocycles. The summed E-state index contributed by atoms with van der Waals surface area (Å²) in [6.07, 6.45) is 6.96. The van der Waals surface area contributed by atoms with E-state index in [2.05, 4.69) is 15.1 Å². The lowest BCUT2D eigenvalue weighted by molar-refractivity contribution is -0.144. The number of carbonyl (C=O) groups excluding carboxylic acids is 2. The van der Waals surface area contributed by atoms with Crippen LogP contribution in [0.2, 0.25) is 0 Å². The van der Waals surface area contributed by atoms with Gasteiger partial charge in [0.15, 0.2) is 5.82 Å². The largest absolute Gasteiger partial charge is 0.360 e. The van der Waals surface area contributed by atoms with Crippen LogP contribution in [0.4, 0.5) is 0 Å². The quantitative estimate of drug-likeness (QED) is 0.659. The van der Waals surface area contributed by atoms with E-state index in [9.17, 15) is 9.59 Å². The Balaban J connectivity index is 1.38. The Bertz CT molecular complexity index is 1010. The Hall–Kier alpha value is -3.07. The van der Waals surface area contributed by atoms with E-state index in [0.29, 0.717) is 31.3 Å². The van der Waals surface area contributed by atoms with E-state index in [1.54, 1.807) is 29.1 Å². The van der Waals surface area contributed by atoms with Crippen LogP contribution in [-0.4, -0.2) is 61.5 Å². The smallest absolute Gasteiger partial charge is 0.246 e. The zero-order valence-electron chi connectivity index (χ0n) is 16.9. The van der Waals surface area contributed by atoms with E-state index < -0.39 is 17.4 Å². The summed E-state index contributed by atoms with van der Waals surface area (Å²) in [6, 6.07) is 3.79. The summed E-state index contributed by atoms with van der Waals surface area (Å²) < 4.78 is 11.4. The molecule has 5 rings (SSSR count). The molecule has 2 amide bonds. The van der Waals surface area contributed by atoms with Gasteiger partial charge in [-0.25, -0.2) is 0 Å². The molecule has 2 fully saturated rings. The molecule has 3 aliphatic rings. The van der Waals surface area contributed by atoms with Gasteiger partial charge in [0.25, 0.3) is 0 Å². The van der Waals surface area contributed by atoms with Gasteiger partial charge in [0.2, 0.25) is 17.7 Å². The zero-order chi connectivity index (χ0) is 20.9. The van der Waals surface area contributed by atoms with Crippen LogP contribution in [0, 0.1) is 18.8 Å². The number of hydrogen-bond acceptors (Lipinski definition) is 7. The molecule has 1 spiro atoms. The Kier molecular flexibility index (Phi) is 4.43. The molecule has 9 heteroatoms. The minimum absolute atomic E-state index is 0.0475. The molecule has 0 N–H and O–H groups in total. The lowest BCUT2D eigenvalue weighted by Gasteiger charge is -2.28. The molecule has 0 unspecified atom stereocenters. The van der Waals surface area contributed by atoms with Crippen LogP contribution in [0.3, 0.4) is 0 Å². The first kappa shape index (κ1) is 18.9. The van der Waals surface area contributed by atoms with Gasteiger partial charge in [-0.1, -0.05) is 23.4 Å². The average molecular weight is 409 g/mol. The van der Waals surface area contributed by atoms with Gasteiger partial charge in [-0.15, -0.1) is 0 Å². The van der Waals surface area contributed by atoms with Crippen molar-refractivity contribution in [3.63, 3.8) is 0 Å². The minimum atomic E-state index is -0.731. The monoisotopic (exact) mass is 409 g/mol. The third-order valence-corrected chi connectivity index (χ3v) is 6.15. The number of amides is 2. The van der Waals surface area contributed by atoms with E-state index in [4.69, 9.17) is 9.26 Å². The standard InChI is InChI=1S/C21H23N5O4/c1-3-25(11-16-23-13(2)24-30-16)19(27)17-15-6-7-21(29-15)12-26(20(28)18(17)21)10-14-5-4-8-22-9-14/h4-9,15,17-18H,3,10-12H2,1-2H3/t15-,17-,18-,21-/m0/s1. The number of ether oxygens (including phenoxy) is 1. The van der Waals surface area contributed by atoms with Gasteiger partial charge < -0.3 is 19.1 Å². The number of likely N-dealkylation sites (tertiary alicyclic amines) is 1. The molecule has 3 aliphatic heterocycles. The van der Waals surface area contributed by atoms with E-state index in [1.165, 1.54) is 0 Å². The SMILES string of the molecule is CCN(Cc1nc(C)no1)C(=O)[C@H]1[C@@H]2C=C[C@@]3(CN(Cc4cccnc4)C(=O)[C@H]13)O2. The van der Waals surface area contributed by atoms with Crippen molar-refractivity contribution >= 4 is 11.8 Å². The highest BCUT2D eigenvalue weighted by Gasteiger charge is 2.67. The molecular weight excluding hydrogens is 386 g/mol. The molecule has 9 nitrogen and oxygen atoms in total. The second-order valence-electron chi connectivity index (χ2n) is 8.04. The van der Waals surface area contributed by atoms with Crippen LogP contribution in [0.5, 0.6) is 0 Å². The summed E-state index contributed by atoms with van der Waals surface area (Å²) in [4.78, 5) is 38.6. The topological polar surface area (TPSA) is 102 Å². The fourth-order valence-electron chi connectivity index (χ4n) is 4.83. The summed E-state index contributed by atoms with van der Waals surface area (Å²) in [5.41, 5.74) is 0.218. The molecule has 2 bridgehead atoms. The van der Waals surface area contributed by atoms with Crippen molar-refractivity contribution in [3.8, 4) is 0 Å². The number of rotatable bonds is 6. The number of fused-ring (bicyclic) bond motifs is 1. The molecule has 2 aromatic rings. The molecule has 156 valence electrons. The lowest BCUT2D eigenvalue weighted by Crippen LogP contribution is -2.45. The highest BCUT2D eigenvalue weighted by Crippen LogP contribution is 2.52. The summed E-state index contributed by atoms with van der Waals surface area (Å²) in [5.74, 6) is -0.330. The number of hydrogen-bond donors (Lipinski definition) is 0. The van der Waals surface area contributed by atoms with Gasteiger partial charge >= 0.3 is 0 Å². The average Bonchev–Trinajstić information content (AvgIpc) is 3.48. The second kappa shape index (κ2) is 7.02. The van der Waals surface area contributed by atoms with E-state index in [0.717, 1.165) is 5.56 Å². The first-order valence-electron chi connectivity index (χ1n) is 10.1. The third kappa shape index (κ3) is 2.92. The molecular formula is C21H23N5O4. The van der Waals surface area contributed by atoms with Gasteiger partial charge in [-0.05, 0) is 25.5 Å². The van der Waals surface area contributed by atoms with Crippen molar-refractivity contribution < 1.29 is 18.8 Å². The van der Waals surface area contributed by atoms with Gasteiger partial charge in [0.05, 0.1) is 31.0 Å². The Morgan fingerprint density at radius 1 is 1.43 bits per heavy atom. The molecule has 0 saturated carbocycles. The summed E-state index contributed by atoms with van der Waals surface area (Å²) in [6.45, 7) is 5.21. The van der Waals surface area contributed by atoms with E-state index in [-0.39, 0.29) is 24.5 Å². The maximum absolute atomic E-state index is 13.5. The van der Waals surface area contributed by atoms with E-state index >= 15 is 0 Å². The predicted octanol–water partition coefficient (Wildman–Crippen LogP) is 1.10. The minimum Gasteiger partial charge on any atom is -0.360 e. The fraction of sp³-hybridized carbons (Fsp3) is 0.476. The van der Waals surface area contributed by atoms with Gasteiger partial charge in [-0.3, -0.25) is 14.6 Å². The van der Waals surface area contributed by atoms with Crippen LogP contribution < -0.4 is 0 Å². The van der Waals surface area contributed by atoms with Gasteiger partial charge in [0, 0.05) is 25.5 Å². The van der Waals surface area contributed by atoms with Crippen LogP contribution in [-0.2, 0) is 27.4 Å². The van der Waals surface area contributed by atoms with Crippen molar-refractivity contribution in [2.24, 2.45) is 11.8 Å². The summed E-state index contributed by atoms with van der Waals surface area (Å²) in [5, 5.41) is 3.79. The maximum Gasteiger partial charge on any atom is 0.246 e. The van der Waals surface area contributed by atoms with Crippen molar-refractivity contribution in [3.05, 3.63) is 54.0 Å². The summed E-state index contributed by atoms with van der Waals surface area (Å²) in [7, 11) is 0. The molecule has 0 radical (unpaired) electrons. The van der Waals surface area contributed by atoms with Crippen LogP contribution >= 0.6 is 0 Å². The number of carbonyl (C=O) groups is 2. The van der Waals surface area contributed by atoms with Crippen LogP contribution in [0.15, 0.2) is 41.2 Å². The summed E-state index contributed by atoms with van der Waals surface area (Å²) >= 11 is 0. The highest BCUT2D eigenvalue weighted by atomic mass is 16.5. The maximum atomic E-state index is 13.5. The molecule has 0 aliphatic carbocycles. The van der Waals surface area contributed by atoms with Gasteiger partial charge in [0.1, 0.15) is 5.60 Å². The Morgan fingerprint density at radius 3 is 3.00 bits per heavy atom. The first-order chi connectivity index (χ1) is 14.5. The fourth-order valence-corrected chi connectivity index (χ4v) is 4.83. The van der Waals surface area contributed by atoms with Crippen molar-refractivity contribution in [2.75, 3.05) is 13.1 Å². The first-order valence-corrected chi connectivity index (χ1v) is 10.1. The van der Waals surface area contributed by atoms with Gasteiger partial charge in [-0.2, -0.15) is 4.98 Å². The van der Waals surface area contributed by atoms with Crippen molar-refractivity contribution in [1.82, 2.24) is 24.9 Å². The normalized spacial score (nSPS) is 28.9. The molecule has 2 saturated heterocycles. The van der Waals surface area contributed by atoms with Crippen molar-refractivity contribution in [2.45, 2.75) is 38.6 Å².